The van der Waals surface area contributed by atoms with Crippen LogP contribution in [0.25, 0.3) is 0 Å². The van der Waals surface area contributed by atoms with E-state index >= 15 is 0 Å². The average Bonchev–Trinajstić information content (AvgIpc) is 3.24. The van der Waals surface area contributed by atoms with Crippen LogP contribution in [0, 0.1) is 0 Å². The second kappa shape index (κ2) is 43.8. The minimum atomic E-state index is -4.77. The number of hydrogen-bond donors (Lipinski definition) is 4. The van der Waals surface area contributed by atoms with Gasteiger partial charge >= 0.3 is 19.8 Å². The van der Waals surface area contributed by atoms with E-state index in [1.165, 1.54) is 70.6 Å². The van der Waals surface area contributed by atoms with E-state index in [-0.39, 0.29) is 12.8 Å². The lowest BCUT2D eigenvalue weighted by atomic mass is 10.1. The van der Waals surface area contributed by atoms with Crippen LogP contribution in [0.5, 0.6) is 0 Å². The molecule has 0 saturated heterocycles. The Morgan fingerprint density at radius 2 is 0.902 bits per heavy atom. The van der Waals surface area contributed by atoms with Crippen LogP contribution in [-0.4, -0.2) is 64.9 Å². The summed E-state index contributed by atoms with van der Waals surface area (Å²) in [6.45, 7) is 2.55. The van der Waals surface area contributed by atoms with Gasteiger partial charge in [0.15, 0.2) is 6.04 Å². The van der Waals surface area contributed by atoms with Crippen LogP contribution in [0.1, 0.15) is 200 Å². The van der Waals surface area contributed by atoms with Crippen molar-refractivity contribution in [2.75, 3.05) is 19.8 Å². The maximum atomic E-state index is 12.3. The van der Waals surface area contributed by atoms with Crippen LogP contribution in [0.2, 0.25) is 0 Å². The normalized spacial score (nSPS) is 14.2. The SMILES string of the molecule is CCCCC/C=C\C/C=C\C/C=C\C/C=C\CCCCCCCC(=O)NC(COP(=O)(O)OCC(O)COC(=O)CCCCCCC/C=C\CCCCCCCCC)C(=O)O. The number of unbranched alkanes of at least 4 members (excludes halogenated alkanes) is 20. The number of allylic oxidation sites excluding steroid dienone is 10. The zero-order valence-electron chi connectivity index (χ0n) is 38.2. The average molecular weight is 880 g/mol. The summed E-state index contributed by atoms with van der Waals surface area (Å²) in [4.78, 5) is 46.0. The van der Waals surface area contributed by atoms with Gasteiger partial charge in [-0.15, -0.1) is 0 Å². The Kier molecular flexibility index (Phi) is 41.8. The topological polar surface area (TPSA) is 169 Å². The standard InChI is InChI=1S/C49H86NO10P/c1-3-5-7-9-11-13-15-17-19-21-22-23-24-25-26-28-30-32-34-36-38-40-47(52)50-46(49(54)55)44-60-61(56,57)59-43-45(51)42-58-48(53)41-39-37-35-33-31-29-27-20-18-16-14-12-10-8-6-4-2/h11,13,17,19-20,22-23,25-27,45-46,51H,3-10,12,14-16,18,21,24,28-44H2,1-2H3,(H,50,52)(H,54,55)(H,56,57)/b13-11-,19-17-,23-22-,26-25-,27-20-. The largest absolute Gasteiger partial charge is 0.480 e. The van der Waals surface area contributed by atoms with Gasteiger partial charge in [0.25, 0.3) is 0 Å². The Labute approximate surface area is 370 Å². The molecule has 0 saturated carbocycles. The lowest BCUT2D eigenvalue weighted by Gasteiger charge is -2.18. The lowest BCUT2D eigenvalue weighted by Crippen LogP contribution is -2.43. The minimum Gasteiger partial charge on any atom is -0.480 e. The van der Waals surface area contributed by atoms with Gasteiger partial charge in [0.1, 0.15) is 12.7 Å². The summed E-state index contributed by atoms with van der Waals surface area (Å²) in [5.74, 6) is -2.41. The Morgan fingerprint density at radius 1 is 0.525 bits per heavy atom. The molecule has 0 aromatic heterocycles. The molecule has 3 unspecified atom stereocenters. The monoisotopic (exact) mass is 880 g/mol. The number of rotatable bonds is 44. The molecule has 0 aliphatic rings. The number of phosphoric ester groups is 1. The molecule has 0 rings (SSSR count). The summed E-state index contributed by atoms with van der Waals surface area (Å²) in [6, 6.07) is -1.56. The van der Waals surface area contributed by atoms with Gasteiger partial charge < -0.3 is 25.2 Å². The molecular formula is C49H86NO10P. The number of nitrogens with one attached hydrogen (secondary N) is 1. The predicted octanol–water partition coefficient (Wildman–Crippen LogP) is 12.7. The first kappa shape index (κ1) is 58.2. The number of carboxylic acid groups (broad SMARTS) is 1. The molecule has 352 valence electrons. The zero-order valence-corrected chi connectivity index (χ0v) is 39.1. The summed E-state index contributed by atoms with van der Waals surface area (Å²) < 4.78 is 26.9. The number of amides is 1. The maximum Gasteiger partial charge on any atom is 0.472 e. The van der Waals surface area contributed by atoms with Crippen LogP contribution < -0.4 is 5.32 Å². The highest BCUT2D eigenvalue weighted by Gasteiger charge is 2.28. The fourth-order valence-electron chi connectivity index (χ4n) is 6.29. The fraction of sp³-hybridized carbons (Fsp3) is 0.735. The Balaban J connectivity index is 3.93. The highest BCUT2D eigenvalue weighted by Crippen LogP contribution is 2.43. The molecule has 0 bridgehead atoms. The third kappa shape index (κ3) is 43.6. The van der Waals surface area contributed by atoms with E-state index in [0.29, 0.717) is 12.8 Å². The molecule has 0 aliphatic heterocycles. The van der Waals surface area contributed by atoms with E-state index in [9.17, 15) is 34.1 Å². The molecule has 0 spiro atoms. The van der Waals surface area contributed by atoms with Crippen LogP contribution in [0.15, 0.2) is 60.8 Å². The second-order valence-corrected chi connectivity index (χ2v) is 17.4. The van der Waals surface area contributed by atoms with Crippen LogP contribution >= 0.6 is 7.82 Å². The van der Waals surface area contributed by atoms with Crippen molar-refractivity contribution in [2.24, 2.45) is 0 Å². The van der Waals surface area contributed by atoms with Gasteiger partial charge in [-0.05, 0) is 83.5 Å². The molecule has 0 heterocycles. The summed E-state index contributed by atoms with van der Waals surface area (Å²) >= 11 is 0. The minimum absolute atomic E-state index is 0.121. The summed E-state index contributed by atoms with van der Waals surface area (Å²) in [5, 5.41) is 21.9. The van der Waals surface area contributed by atoms with Crippen molar-refractivity contribution in [3.63, 3.8) is 0 Å². The quantitative estimate of drug-likeness (QED) is 0.0200. The number of hydrogen-bond acceptors (Lipinski definition) is 8. The van der Waals surface area contributed by atoms with Gasteiger partial charge in [0.05, 0.1) is 13.2 Å². The van der Waals surface area contributed by atoms with Gasteiger partial charge in [0, 0.05) is 12.8 Å². The predicted molar refractivity (Wildman–Crippen MR) is 249 cm³/mol. The highest BCUT2D eigenvalue weighted by molar-refractivity contribution is 7.47. The molecule has 0 aromatic rings. The van der Waals surface area contributed by atoms with E-state index in [0.717, 1.165) is 89.9 Å². The number of carboxylic acids is 1. The molecule has 3 atom stereocenters. The van der Waals surface area contributed by atoms with Crippen molar-refractivity contribution >= 4 is 25.7 Å². The van der Waals surface area contributed by atoms with E-state index in [1.54, 1.807) is 0 Å². The third-order valence-electron chi connectivity index (χ3n) is 10.0. The highest BCUT2D eigenvalue weighted by atomic mass is 31.2. The molecule has 0 aliphatic carbocycles. The molecule has 0 fully saturated rings. The first-order valence-electron chi connectivity index (χ1n) is 23.8. The Hall–Kier alpha value is -2.82. The van der Waals surface area contributed by atoms with E-state index < -0.39 is 57.6 Å². The molecule has 0 aromatic carbocycles. The number of carbonyl (C=O) groups is 3. The molecule has 61 heavy (non-hydrogen) atoms. The second-order valence-electron chi connectivity index (χ2n) is 15.9. The van der Waals surface area contributed by atoms with Crippen molar-refractivity contribution in [1.29, 1.82) is 0 Å². The first-order chi connectivity index (χ1) is 29.6. The van der Waals surface area contributed by atoms with Crippen molar-refractivity contribution in [3.8, 4) is 0 Å². The molecule has 1 amide bonds. The molecular weight excluding hydrogens is 794 g/mol. The van der Waals surface area contributed by atoms with Crippen LogP contribution in [-0.2, 0) is 32.7 Å². The lowest BCUT2D eigenvalue weighted by molar-refractivity contribution is -0.147. The Bertz CT molecular complexity index is 1260. The van der Waals surface area contributed by atoms with Crippen LogP contribution in [0.3, 0.4) is 0 Å². The fourth-order valence-corrected chi connectivity index (χ4v) is 7.07. The summed E-state index contributed by atoms with van der Waals surface area (Å²) in [6.07, 6.45) is 50.9. The number of aliphatic carboxylic acids is 1. The van der Waals surface area contributed by atoms with Gasteiger partial charge in [-0.25, -0.2) is 9.36 Å². The van der Waals surface area contributed by atoms with E-state index in [1.807, 2.05) is 0 Å². The maximum absolute atomic E-state index is 12.3. The molecule has 12 heteroatoms. The van der Waals surface area contributed by atoms with E-state index in [4.69, 9.17) is 13.8 Å². The number of carbonyl (C=O) groups excluding carboxylic acids is 2. The summed E-state index contributed by atoms with van der Waals surface area (Å²) in [5.41, 5.74) is 0. The van der Waals surface area contributed by atoms with E-state index in [2.05, 4.69) is 79.9 Å². The van der Waals surface area contributed by atoms with Crippen molar-refractivity contribution in [1.82, 2.24) is 5.32 Å². The smallest absolute Gasteiger partial charge is 0.472 e. The van der Waals surface area contributed by atoms with Crippen LogP contribution in [0.4, 0.5) is 0 Å². The molecule has 11 nitrogen and oxygen atoms in total. The number of ether oxygens (including phenoxy) is 1. The number of phosphoric acid groups is 1. The Morgan fingerprint density at radius 3 is 1.39 bits per heavy atom. The number of esters is 1. The van der Waals surface area contributed by atoms with Gasteiger partial charge in [-0.3, -0.25) is 18.6 Å². The van der Waals surface area contributed by atoms with Gasteiger partial charge in [-0.2, -0.15) is 0 Å². The molecule has 4 N–H and O–H groups in total. The zero-order chi connectivity index (χ0) is 44.9. The number of aliphatic hydroxyl groups excluding tert-OH is 1. The van der Waals surface area contributed by atoms with Crippen molar-refractivity contribution < 1.29 is 47.8 Å². The van der Waals surface area contributed by atoms with Gasteiger partial charge in [-0.1, -0.05) is 164 Å². The molecule has 0 radical (unpaired) electrons. The van der Waals surface area contributed by atoms with Crippen molar-refractivity contribution in [2.45, 2.75) is 212 Å². The van der Waals surface area contributed by atoms with Crippen molar-refractivity contribution in [3.05, 3.63) is 60.8 Å². The number of aliphatic hydroxyl groups is 1. The summed E-state index contributed by atoms with van der Waals surface area (Å²) in [7, 11) is -4.77. The van der Waals surface area contributed by atoms with Gasteiger partial charge in [0.2, 0.25) is 5.91 Å². The third-order valence-corrected chi connectivity index (χ3v) is 11.0. The first-order valence-corrected chi connectivity index (χ1v) is 25.3.